The summed E-state index contributed by atoms with van der Waals surface area (Å²) in [5, 5.41) is 9.23. The number of carbonyl (C=O) groups is 2. The third-order valence-electron chi connectivity index (χ3n) is 5.35. The molecule has 7 heteroatoms. The van der Waals surface area contributed by atoms with Crippen LogP contribution in [0, 0.1) is 5.92 Å². The average molecular weight is 389 g/mol. The minimum Gasteiger partial charge on any atom is -0.492 e. The Morgan fingerprint density at radius 1 is 1.14 bits per heavy atom. The van der Waals surface area contributed by atoms with E-state index in [2.05, 4.69) is 20.9 Å². The summed E-state index contributed by atoms with van der Waals surface area (Å²) in [5.74, 6) is 1.36. The highest BCUT2D eigenvalue weighted by Crippen LogP contribution is 2.15. The molecule has 2 atom stereocenters. The van der Waals surface area contributed by atoms with Crippen LogP contribution in [-0.4, -0.2) is 68.6 Å². The summed E-state index contributed by atoms with van der Waals surface area (Å²) in [6, 6.07) is 9.57. The monoisotopic (exact) mass is 388 g/mol. The van der Waals surface area contributed by atoms with Crippen LogP contribution in [0.25, 0.3) is 0 Å². The van der Waals surface area contributed by atoms with Gasteiger partial charge in [-0.25, -0.2) is 0 Å². The smallest absolute Gasteiger partial charge is 0.237 e. The Balaban J connectivity index is 1.29. The fraction of sp³-hybridized carbons (Fsp3) is 0.619. The predicted octanol–water partition coefficient (Wildman–Crippen LogP) is 0.762. The molecule has 2 saturated heterocycles. The van der Waals surface area contributed by atoms with Crippen LogP contribution >= 0.6 is 0 Å². The van der Waals surface area contributed by atoms with Crippen molar-refractivity contribution in [1.29, 1.82) is 0 Å². The Hall–Kier alpha value is -2.12. The van der Waals surface area contributed by atoms with Gasteiger partial charge in [0.1, 0.15) is 12.4 Å². The maximum atomic E-state index is 12.2. The topological polar surface area (TPSA) is 82.7 Å². The van der Waals surface area contributed by atoms with Crippen molar-refractivity contribution in [1.82, 2.24) is 20.9 Å². The number of hydrogen-bond donors (Lipinski definition) is 3. The van der Waals surface area contributed by atoms with E-state index in [1.54, 1.807) is 0 Å². The van der Waals surface area contributed by atoms with Crippen LogP contribution in [0.1, 0.15) is 25.7 Å². The van der Waals surface area contributed by atoms with E-state index in [4.69, 9.17) is 4.74 Å². The second-order valence-electron chi connectivity index (χ2n) is 7.65. The quantitative estimate of drug-likeness (QED) is 0.544. The number of hydrogen-bond acceptors (Lipinski definition) is 5. The lowest BCUT2D eigenvalue weighted by molar-refractivity contribution is -0.124. The number of nitrogens with one attached hydrogen (secondary N) is 3. The molecule has 2 unspecified atom stereocenters. The molecule has 3 rings (SSSR count). The summed E-state index contributed by atoms with van der Waals surface area (Å²) in [7, 11) is 0. The summed E-state index contributed by atoms with van der Waals surface area (Å²) in [6.07, 6.45) is 4.16. The van der Waals surface area contributed by atoms with E-state index in [-0.39, 0.29) is 17.9 Å². The second kappa shape index (κ2) is 11.0. The van der Waals surface area contributed by atoms with Gasteiger partial charge in [0.25, 0.3) is 0 Å². The summed E-state index contributed by atoms with van der Waals surface area (Å²) in [4.78, 5) is 26.5. The number of para-hydroxylation sites is 1. The van der Waals surface area contributed by atoms with E-state index in [0.29, 0.717) is 32.2 Å². The molecule has 154 valence electrons. The Morgan fingerprint density at radius 3 is 2.79 bits per heavy atom. The van der Waals surface area contributed by atoms with Crippen LogP contribution in [0.4, 0.5) is 0 Å². The fourth-order valence-electron chi connectivity index (χ4n) is 3.87. The lowest BCUT2D eigenvalue weighted by Crippen LogP contribution is -2.47. The van der Waals surface area contributed by atoms with Gasteiger partial charge >= 0.3 is 0 Å². The molecule has 2 amide bonds. The molecule has 0 bridgehead atoms. The van der Waals surface area contributed by atoms with Crippen molar-refractivity contribution in [3.05, 3.63) is 30.3 Å². The van der Waals surface area contributed by atoms with Gasteiger partial charge in [0.2, 0.25) is 11.8 Å². The van der Waals surface area contributed by atoms with Crippen molar-refractivity contribution in [2.24, 2.45) is 5.92 Å². The second-order valence-corrected chi connectivity index (χ2v) is 7.65. The van der Waals surface area contributed by atoms with E-state index in [1.165, 1.54) is 0 Å². The molecule has 2 aliphatic rings. The number of piperidine rings is 1. The molecular formula is C21H32N4O3. The molecule has 0 spiro atoms. The van der Waals surface area contributed by atoms with Crippen LogP contribution < -0.4 is 20.7 Å². The standard InChI is InChI=1S/C21H32N4O3/c26-20(23-11-13-28-18-7-2-1-3-8-18)16-25-12-5-6-17(15-25)14-24-21(27)19-9-4-10-22-19/h1-3,7-8,17,19,22H,4-6,9-16H2,(H,23,26)(H,24,27). The highest BCUT2D eigenvalue weighted by molar-refractivity contribution is 5.82. The minimum absolute atomic E-state index is 0.0245. The molecule has 1 aromatic carbocycles. The normalized spacial score (nSPS) is 22.6. The molecule has 1 aromatic rings. The Kier molecular flexibility index (Phi) is 8.11. The van der Waals surface area contributed by atoms with E-state index in [1.807, 2.05) is 30.3 Å². The lowest BCUT2D eigenvalue weighted by Gasteiger charge is -2.32. The molecule has 7 nitrogen and oxygen atoms in total. The Labute approximate surface area is 167 Å². The molecule has 28 heavy (non-hydrogen) atoms. The molecule has 0 aromatic heterocycles. The SMILES string of the molecule is O=C(CN1CCCC(CNC(=O)C2CCCN2)C1)NCCOc1ccccc1. The van der Waals surface area contributed by atoms with Gasteiger partial charge in [0.15, 0.2) is 0 Å². The van der Waals surface area contributed by atoms with Gasteiger partial charge in [-0.3, -0.25) is 14.5 Å². The van der Waals surface area contributed by atoms with Crippen molar-refractivity contribution in [3.8, 4) is 5.75 Å². The average Bonchev–Trinajstić information content (AvgIpc) is 3.25. The summed E-state index contributed by atoms with van der Waals surface area (Å²) in [5.41, 5.74) is 0. The molecule has 3 N–H and O–H groups in total. The number of benzene rings is 1. The first-order chi connectivity index (χ1) is 13.7. The summed E-state index contributed by atoms with van der Waals surface area (Å²) >= 11 is 0. The van der Waals surface area contributed by atoms with Gasteiger partial charge < -0.3 is 20.7 Å². The van der Waals surface area contributed by atoms with Crippen LogP contribution in [0.2, 0.25) is 0 Å². The van der Waals surface area contributed by atoms with Gasteiger partial charge in [-0.05, 0) is 56.8 Å². The van der Waals surface area contributed by atoms with Gasteiger partial charge in [0, 0.05) is 13.1 Å². The fourth-order valence-corrected chi connectivity index (χ4v) is 3.87. The van der Waals surface area contributed by atoms with Gasteiger partial charge in [-0.15, -0.1) is 0 Å². The first kappa shape index (κ1) is 20.6. The number of amides is 2. The molecule has 2 aliphatic heterocycles. The highest BCUT2D eigenvalue weighted by atomic mass is 16.5. The van der Waals surface area contributed by atoms with E-state index >= 15 is 0 Å². The number of ether oxygens (including phenoxy) is 1. The Morgan fingerprint density at radius 2 is 2.00 bits per heavy atom. The number of carbonyl (C=O) groups excluding carboxylic acids is 2. The van der Waals surface area contributed by atoms with Crippen molar-refractivity contribution >= 4 is 11.8 Å². The third-order valence-corrected chi connectivity index (χ3v) is 5.35. The predicted molar refractivity (Wildman–Crippen MR) is 108 cm³/mol. The minimum atomic E-state index is -0.0245. The number of rotatable bonds is 9. The summed E-state index contributed by atoms with van der Waals surface area (Å²) in [6.45, 7) is 4.77. The van der Waals surface area contributed by atoms with Crippen LogP contribution in [-0.2, 0) is 9.59 Å². The number of nitrogens with zero attached hydrogens (tertiary/aromatic N) is 1. The van der Waals surface area contributed by atoms with Crippen LogP contribution in [0.5, 0.6) is 5.75 Å². The third kappa shape index (κ3) is 6.80. The van der Waals surface area contributed by atoms with Gasteiger partial charge in [-0.2, -0.15) is 0 Å². The molecule has 0 aliphatic carbocycles. The molecule has 2 fully saturated rings. The van der Waals surface area contributed by atoms with Gasteiger partial charge in [0.05, 0.1) is 19.1 Å². The number of likely N-dealkylation sites (tertiary alicyclic amines) is 1. The summed E-state index contributed by atoms with van der Waals surface area (Å²) < 4.78 is 5.59. The lowest BCUT2D eigenvalue weighted by atomic mass is 9.98. The zero-order valence-electron chi connectivity index (χ0n) is 16.5. The van der Waals surface area contributed by atoms with E-state index in [9.17, 15) is 9.59 Å². The van der Waals surface area contributed by atoms with Crippen molar-refractivity contribution in [3.63, 3.8) is 0 Å². The largest absolute Gasteiger partial charge is 0.492 e. The zero-order chi connectivity index (χ0) is 19.6. The first-order valence-electron chi connectivity index (χ1n) is 10.4. The van der Waals surface area contributed by atoms with Crippen LogP contribution in [0.15, 0.2) is 30.3 Å². The molecule has 0 radical (unpaired) electrons. The highest BCUT2D eigenvalue weighted by Gasteiger charge is 2.25. The maximum absolute atomic E-state index is 12.2. The van der Waals surface area contributed by atoms with Crippen LogP contribution in [0.3, 0.4) is 0 Å². The van der Waals surface area contributed by atoms with Gasteiger partial charge in [-0.1, -0.05) is 18.2 Å². The Bertz CT molecular complexity index is 619. The molecule has 0 saturated carbocycles. The first-order valence-corrected chi connectivity index (χ1v) is 10.4. The maximum Gasteiger partial charge on any atom is 0.237 e. The van der Waals surface area contributed by atoms with Crippen molar-refractivity contribution < 1.29 is 14.3 Å². The van der Waals surface area contributed by atoms with Crippen molar-refractivity contribution in [2.75, 3.05) is 45.9 Å². The van der Waals surface area contributed by atoms with E-state index in [0.717, 1.165) is 51.1 Å². The van der Waals surface area contributed by atoms with E-state index < -0.39 is 0 Å². The molecule has 2 heterocycles. The zero-order valence-corrected chi connectivity index (χ0v) is 16.5. The molecular weight excluding hydrogens is 356 g/mol. The van der Waals surface area contributed by atoms with Crippen molar-refractivity contribution in [2.45, 2.75) is 31.7 Å².